The van der Waals surface area contributed by atoms with E-state index >= 15 is 0 Å². The summed E-state index contributed by atoms with van der Waals surface area (Å²) in [6, 6.07) is 0. The third-order valence-electron chi connectivity index (χ3n) is 11.0. The summed E-state index contributed by atoms with van der Waals surface area (Å²) in [6.07, 6.45) is 17.9. The Morgan fingerprint density at radius 3 is 2.39 bits per heavy atom. The van der Waals surface area contributed by atoms with E-state index < -0.39 is 0 Å². The molecule has 0 spiro atoms. The summed E-state index contributed by atoms with van der Waals surface area (Å²) in [5, 5.41) is 0. The molecule has 8 atom stereocenters. The Morgan fingerprint density at radius 2 is 1.73 bits per heavy atom. The van der Waals surface area contributed by atoms with Crippen LogP contribution in [0.2, 0.25) is 0 Å². The van der Waals surface area contributed by atoms with E-state index in [0.29, 0.717) is 16.6 Å². The number of hydrogen-bond donors (Lipinski definition) is 0. The fraction of sp³-hybridized carbons (Fsp3) is 0.906. The molecule has 4 aliphatic carbocycles. The van der Waals surface area contributed by atoms with Crippen molar-refractivity contribution in [3.8, 4) is 0 Å². The highest BCUT2D eigenvalue weighted by molar-refractivity contribution is 5.91. The molecule has 0 saturated heterocycles. The van der Waals surface area contributed by atoms with E-state index in [-0.39, 0.29) is 0 Å². The smallest absolute Gasteiger partial charge is 0.155 e. The molecule has 0 bridgehead atoms. The van der Waals surface area contributed by atoms with Gasteiger partial charge in [-0.3, -0.25) is 4.79 Å². The van der Waals surface area contributed by atoms with Gasteiger partial charge in [0.2, 0.25) is 0 Å². The molecule has 3 fully saturated rings. The first-order valence-corrected chi connectivity index (χ1v) is 14.9. The van der Waals surface area contributed by atoms with E-state index in [1.807, 2.05) is 13.8 Å². The van der Waals surface area contributed by atoms with Gasteiger partial charge in [0.15, 0.2) is 5.78 Å². The van der Waals surface area contributed by atoms with Crippen LogP contribution in [0.3, 0.4) is 0 Å². The number of allylic oxidation sites excluding steroid dienone is 1. The summed E-state index contributed by atoms with van der Waals surface area (Å²) in [4.78, 5) is 12.3. The van der Waals surface area contributed by atoms with Crippen LogP contribution < -0.4 is 0 Å². The normalized spacial score (nSPS) is 40.8. The molecule has 7 unspecified atom stereocenters. The van der Waals surface area contributed by atoms with Crippen molar-refractivity contribution in [2.24, 2.45) is 52.3 Å². The van der Waals surface area contributed by atoms with Crippen LogP contribution in [0.15, 0.2) is 11.6 Å². The van der Waals surface area contributed by atoms with E-state index in [4.69, 9.17) is 0 Å². The molecule has 190 valence electrons. The molecular weight excluding hydrogens is 400 g/mol. The molecule has 0 radical (unpaired) electrons. The van der Waals surface area contributed by atoms with Crippen LogP contribution in [0.1, 0.15) is 132 Å². The predicted molar refractivity (Wildman–Crippen MR) is 143 cm³/mol. The van der Waals surface area contributed by atoms with Gasteiger partial charge in [-0.15, -0.1) is 0 Å². The number of rotatable bonds is 7. The highest BCUT2D eigenvalue weighted by Gasteiger charge is 2.61. The molecule has 0 aromatic rings. The quantitative estimate of drug-likeness (QED) is 0.372. The first kappa shape index (κ1) is 27.0. The lowest BCUT2D eigenvalue weighted by Crippen LogP contribution is -2.54. The van der Waals surface area contributed by atoms with Gasteiger partial charge in [-0.2, -0.15) is 0 Å². The Morgan fingerprint density at radius 1 is 1.00 bits per heavy atom. The van der Waals surface area contributed by atoms with Gasteiger partial charge in [0.05, 0.1) is 0 Å². The van der Waals surface area contributed by atoms with Gasteiger partial charge < -0.3 is 0 Å². The molecule has 1 heteroatoms. The second-order valence-corrected chi connectivity index (χ2v) is 13.1. The summed E-state index contributed by atoms with van der Waals surface area (Å²) in [5.74, 6) is 6.54. The lowest BCUT2D eigenvalue weighted by atomic mass is 9.44. The second kappa shape index (κ2) is 11.0. The van der Waals surface area contributed by atoms with Crippen molar-refractivity contribution >= 4 is 5.78 Å². The highest BCUT2D eigenvalue weighted by atomic mass is 16.1. The predicted octanol–water partition coefficient (Wildman–Crippen LogP) is 9.65. The van der Waals surface area contributed by atoms with E-state index in [1.165, 1.54) is 64.2 Å². The Labute approximate surface area is 207 Å². The standard InChI is InChI=1S/C30H50O.C2H6/c1-7-9-22-18-23-19-24(31)14-16-29(23,5)27-15-17-30(6)25(12-13-26(30)28(22)27)21(4)11-8-10-20(2)3;1-2/h19-22,25-28H,7-18H2,1-6H3;1-2H3/t21?,22?,25?,26?,27?,28?,29-,30?;/m0./s1. The molecular formula is C32H56O. The van der Waals surface area contributed by atoms with Crippen molar-refractivity contribution in [2.75, 3.05) is 0 Å². The second-order valence-electron chi connectivity index (χ2n) is 13.1. The van der Waals surface area contributed by atoms with E-state index in [9.17, 15) is 4.79 Å². The van der Waals surface area contributed by atoms with Crippen LogP contribution in [-0.4, -0.2) is 5.78 Å². The maximum Gasteiger partial charge on any atom is 0.155 e. The summed E-state index contributed by atoms with van der Waals surface area (Å²) in [6.45, 7) is 19.0. The van der Waals surface area contributed by atoms with Crippen LogP contribution in [0.25, 0.3) is 0 Å². The number of ketones is 1. The van der Waals surface area contributed by atoms with Gasteiger partial charge in [0.1, 0.15) is 0 Å². The van der Waals surface area contributed by atoms with Crippen LogP contribution in [-0.2, 0) is 4.79 Å². The zero-order valence-corrected chi connectivity index (χ0v) is 23.5. The van der Waals surface area contributed by atoms with Crippen molar-refractivity contribution in [3.63, 3.8) is 0 Å². The molecule has 0 N–H and O–H groups in total. The molecule has 33 heavy (non-hydrogen) atoms. The topological polar surface area (TPSA) is 17.1 Å². The number of carbonyl (C=O) groups excluding carboxylic acids is 1. The molecule has 4 aliphatic rings. The largest absolute Gasteiger partial charge is 0.295 e. The van der Waals surface area contributed by atoms with Crippen molar-refractivity contribution in [3.05, 3.63) is 11.6 Å². The van der Waals surface area contributed by atoms with Crippen LogP contribution in [0.4, 0.5) is 0 Å². The molecule has 1 nitrogen and oxygen atoms in total. The summed E-state index contributed by atoms with van der Waals surface area (Å²) in [7, 11) is 0. The van der Waals surface area contributed by atoms with E-state index in [0.717, 1.165) is 54.3 Å². The minimum atomic E-state index is 0.311. The molecule has 0 aromatic carbocycles. The van der Waals surface area contributed by atoms with Gasteiger partial charge in [-0.1, -0.05) is 93.1 Å². The Hall–Kier alpha value is -0.590. The van der Waals surface area contributed by atoms with Crippen molar-refractivity contribution < 1.29 is 4.79 Å². The van der Waals surface area contributed by atoms with E-state index in [2.05, 4.69) is 47.6 Å². The van der Waals surface area contributed by atoms with Crippen molar-refractivity contribution in [1.82, 2.24) is 0 Å². The fourth-order valence-electron chi connectivity index (χ4n) is 9.39. The Balaban J connectivity index is 0.00000149. The monoisotopic (exact) mass is 456 g/mol. The number of hydrogen-bond acceptors (Lipinski definition) is 1. The van der Waals surface area contributed by atoms with Gasteiger partial charge >= 0.3 is 0 Å². The third-order valence-corrected chi connectivity index (χ3v) is 11.0. The van der Waals surface area contributed by atoms with Gasteiger partial charge in [-0.05, 0) is 96.9 Å². The maximum atomic E-state index is 12.3. The average molecular weight is 457 g/mol. The van der Waals surface area contributed by atoms with E-state index in [1.54, 1.807) is 5.57 Å². The minimum Gasteiger partial charge on any atom is -0.295 e. The van der Waals surface area contributed by atoms with Crippen LogP contribution in [0, 0.1) is 52.3 Å². The SMILES string of the molecule is CC.CCCC1CC2=CC(=O)CC[C@]2(C)C2CCC3(C)C(C(C)CCCC(C)C)CCC3C12. The molecule has 4 rings (SSSR count). The van der Waals surface area contributed by atoms with Crippen molar-refractivity contribution in [1.29, 1.82) is 0 Å². The minimum absolute atomic E-state index is 0.311. The first-order valence-electron chi connectivity index (χ1n) is 14.9. The first-order chi connectivity index (χ1) is 15.7. The zero-order valence-electron chi connectivity index (χ0n) is 23.5. The van der Waals surface area contributed by atoms with Crippen LogP contribution >= 0.6 is 0 Å². The molecule has 0 amide bonds. The zero-order chi connectivity index (χ0) is 24.4. The third kappa shape index (κ3) is 5.04. The average Bonchev–Trinajstić information content (AvgIpc) is 3.13. The summed E-state index contributed by atoms with van der Waals surface area (Å²) in [5.41, 5.74) is 2.42. The summed E-state index contributed by atoms with van der Waals surface area (Å²) < 4.78 is 0. The number of fused-ring (bicyclic) bond motifs is 5. The van der Waals surface area contributed by atoms with Crippen LogP contribution in [0.5, 0.6) is 0 Å². The fourth-order valence-corrected chi connectivity index (χ4v) is 9.39. The summed E-state index contributed by atoms with van der Waals surface area (Å²) >= 11 is 0. The lowest BCUT2D eigenvalue weighted by molar-refractivity contribution is -0.119. The molecule has 0 aliphatic heterocycles. The van der Waals surface area contributed by atoms with Gasteiger partial charge in [-0.25, -0.2) is 0 Å². The highest BCUT2D eigenvalue weighted by Crippen LogP contribution is 2.69. The maximum absolute atomic E-state index is 12.3. The van der Waals surface area contributed by atoms with Gasteiger partial charge in [0.25, 0.3) is 0 Å². The van der Waals surface area contributed by atoms with Gasteiger partial charge in [0, 0.05) is 6.42 Å². The lowest BCUT2D eigenvalue weighted by Gasteiger charge is -2.61. The van der Waals surface area contributed by atoms with Crippen molar-refractivity contribution in [2.45, 2.75) is 132 Å². The number of carbonyl (C=O) groups is 1. The molecule has 0 heterocycles. The Bertz CT molecular complexity index is 689. The molecule has 0 aromatic heterocycles. The Kier molecular flexibility index (Phi) is 8.99. The molecule has 3 saturated carbocycles.